The van der Waals surface area contributed by atoms with E-state index in [9.17, 15) is 19.1 Å². The number of para-hydroxylation sites is 1. The highest BCUT2D eigenvalue weighted by Crippen LogP contribution is 2.32. The maximum Gasteiger partial charge on any atom is 0.340 e. The van der Waals surface area contributed by atoms with Crippen molar-refractivity contribution >= 4 is 28.2 Å². The lowest BCUT2D eigenvalue weighted by Crippen LogP contribution is -2.11. The van der Waals surface area contributed by atoms with Gasteiger partial charge in [-0.3, -0.25) is 4.79 Å². The molecule has 0 fully saturated rings. The first-order valence-electron chi connectivity index (χ1n) is 9.72. The molecule has 0 aliphatic heterocycles. The molecular weight excluding hydrogens is 385 g/mol. The van der Waals surface area contributed by atoms with Crippen LogP contribution >= 0.6 is 0 Å². The monoisotopic (exact) mass is 405 g/mol. The lowest BCUT2D eigenvalue weighted by atomic mass is 10.0. The van der Waals surface area contributed by atoms with Crippen LogP contribution in [0.4, 0.5) is 4.39 Å². The molecule has 2 aromatic carbocycles. The highest BCUT2D eigenvalue weighted by Gasteiger charge is 2.23. The van der Waals surface area contributed by atoms with Gasteiger partial charge in [-0.1, -0.05) is 25.1 Å². The molecule has 0 atom stereocenters. The number of aryl methyl sites for hydroxylation is 1. The smallest absolute Gasteiger partial charge is 0.340 e. The number of nitrogens with zero attached hydrogens (tertiary/aromatic N) is 1. The second-order valence-electron chi connectivity index (χ2n) is 6.92. The van der Waals surface area contributed by atoms with Gasteiger partial charge in [0.25, 0.3) is 0 Å². The standard InChI is InChI=1S/C24H20FNO4/c1-3-16-17-7-5-6-8-20(17)26-13-14(11-19(22(16)26)24(29)30-4-2)23(28)18-12-15(25)9-10-21(18)27/h5-13,27H,3-4H2,1-2H3. The number of hydrogen-bond donors (Lipinski definition) is 1. The van der Waals surface area contributed by atoms with Gasteiger partial charge in [0, 0.05) is 17.1 Å². The fraction of sp³-hybridized carbons (Fsp3) is 0.167. The highest BCUT2D eigenvalue weighted by atomic mass is 19.1. The second kappa shape index (κ2) is 7.63. The number of carbonyl (C=O) groups is 2. The maximum atomic E-state index is 13.7. The van der Waals surface area contributed by atoms with Crippen LogP contribution in [0, 0.1) is 5.82 Å². The van der Waals surface area contributed by atoms with Crippen LogP contribution in [0.5, 0.6) is 5.75 Å². The van der Waals surface area contributed by atoms with Crippen LogP contribution in [-0.2, 0) is 11.2 Å². The van der Waals surface area contributed by atoms with Gasteiger partial charge < -0.3 is 14.2 Å². The Morgan fingerprint density at radius 2 is 1.83 bits per heavy atom. The lowest BCUT2D eigenvalue weighted by Gasteiger charge is -2.11. The molecule has 4 rings (SSSR count). The van der Waals surface area contributed by atoms with E-state index in [1.54, 1.807) is 17.5 Å². The van der Waals surface area contributed by atoms with Crippen LogP contribution < -0.4 is 0 Å². The summed E-state index contributed by atoms with van der Waals surface area (Å²) in [6.07, 6.45) is 2.30. The van der Waals surface area contributed by atoms with Gasteiger partial charge in [-0.15, -0.1) is 0 Å². The maximum absolute atomic E-state index is 13.7. The summed E-state index contributed by atoms with van der Waals surface area (Å²) in [6, 6.07) is 12.3. The average molecular weight is 405 g/mol. The van der Waals surface area contributed by atoms with Crippen molar-refractivity contribution in [3.05, 3.63) is 82.8 Å². The summed E-state index contributed by atoms with van der Waals surface area (Å²) in [5.74, 6) is -2.10. The molecule has 2 aromatic heterocycles. The first-order chi connectivity index (χ1) is 14.5. The van der Waals surface area contributed by atoms with Crippen LogP contribution in [-0.4, -0.2) is 27.9 Å². The number of ketones is 1. The summed E-state index contributed by atoms with van der Waals surface area (Å²) in [6.45, 7) is 3.90. The number of aromatic nitrogens is 1. The normalized spacial score (nSPS) is 11.2. The quantitative estimate of drug-likeness (QED) is 0.379. The Labute approximate surface area is 172 Å². The minimum absolute atomic E-state index is 0.148. The van der Waals surface area contributed by atoms with Gasteiger partial charge in [0.05, 0.1) is 28.8 Å². The SMILES string of the molecule is CCOC(=O)c1cc(C(=O)c2cc(F)ccc2O)cn2c1c(CC)c1ccccc12. The molecule has 6 heteroatoms. The molecule has 0 saturated carbocycles. The highest BCUT2D eigenvalue weighted by molar-refractivity contribution is 6.13. The molecule has 0 aliphatic carbocycles. The molecule has 152 valence electrons. The third-order valence-electron chi connectivity index (χ3n) is 5.15. The number of aromatic hydroxyl groups is 1. The van der Waals surface area contributed by atoms with Gasteiger partial charge >= 0.3 is 5.97 Å². The van der Waals surface area contributed by atoms with Crippen molar-refractivity contribution in [1.82, 2.24) is 4.40 Å². The Balaban J connectivity index is 2.05. The van der Waals surface area contributed by atoms with Gasteiger partial charge in [0.2, 0.25) is 0 Å². The number of carbonyl (C=O) groups excluding carboxylic acids is 2. The Morgan fingerprint density at radius 3 is 2.57 bits per heavy atom. The molecule has 0 radical (unpaired) electrons. The van der Waals surface area contributed by atoms with Crippen molar-refractivity contribution in [1.29, 1.82) is 0 Å². The Morgan fingerprint density at radius 1 is 1.07 bits per heavy atom. The number of fused-ring (bicyclic) bond motifs is 3. The topological polar surface area (TPSA) is 68.0 Å². The number of ether oxygens (including phenoxy) is 1. The van der Waals surface area contributed by atoms with E-state index in [2.05, 4.69) is 0 Å². The minimum atomic E-state index is -0.637. The van der Waals surface area contributed by atoms with Gasteiger partial charge in [0.15, 0.2) is 5.78 Å². The average Bonchev–Trinajstić information content (AvgIpc) is 3.08. The van der Waals surface area contributed by atoms with E-state index in [1.165, 1.54) is 6.07 Å². The molecule has 0 saturated heterocycles. The van der Waals surface area contributed by atoms with Gasteiger partial charge in [-0.25, -0.2) is 9.18 Å². The molecule has 5 nitrogen and oxygen atoms in total. The molecular formula is C24H20FNO4. The third kappa shape index (κ3) is 3.10. The van der Waals surface area contributed by atoms with Crippen LogP contribution in [0.1, 0.15) is 45.7 Å². The van der Waals surface area contributed by atoms with E-state index < -0.39 is 17.6 Å². The summed E-state index contributed by atoms with van der Waals surface area (Å²) < 4.78 is 20.7. The van der Waals surface area contributed by atoms with Gasteiger partial charge in [-0.05, 0) is 49.2 Å². The van der Waals surface area contributed by atoms with Gasteiger partial charge in [0.1, 0.15) is 11.6 Å². The summed E-state index contributed by atoms with van der Waals surface area (Å²) in [7, 11) is 0. The van der Waals surface area contributed by atoms with Crippen LogP contribution in [0.2, 0.25) is 0 Å². The summed E-state index contributed by atoms with van der Waals surface area (Å²) >= 11 is 0. The minimum Gasteiger partial charge on any atom is -0.507 e. The number of phenols is 1. The molecule has 0 unspecified atom stereocenters. The van der Waals surface area contributed by atoms with E-state index in [1.807, 2.05) is 31.2 Å². The van der Waals surface area contributed by atoms with E-state index in [-0.39, 0.29) is 29.0 Å². The molecule has 0 spiro atoms. The Kier molecular flexibility index (Phi) is 4.99. The molecule has 0 aliphatic rings. The van der Waals surface area contributed by atoms with E-state index in [0.717, 1.165) is 34.7 Å². The second-order valence-corrected chi connectivity index (χ2v) is 6.92. The summed E-state index contributed by atoms with van der Waals surface area (Å²) in [5.41, 5.74) is 2.73. The zero-order valence-corrected chi connectivity index (χ0v) is 16.6. The van der Waals surface area contributed by atoms with E-state index in [0.29, 0.717) is 11.9 Å². The number of hydrogen-bond acceptors (Lipinski definition) is 4. The number of rotatable bonds is 5. The van der Waals surface area contributed by atoms with Crippen molar-refractivity contribution in [3.8, 4) is 5.75 Å². The zero-order chi connectivity index (χ0) is 21.4. The molecule has 0 bridgehead atoms. The van der Waals surface area contributed by atoms with Crippen molar-refractivity contribution in [2.24, 2.45) is 0 Å². The van der Waals surface area contributed by atoms with Crippen molar-refractivity contribution in [3.63, 3.8) is 0 Å². The van der Waals surface area contributed by atoms with Crippen molar-refractivity contribution in [2.75, 3.05) is 6.61 Å². The number of pyridine rings is 1. The number of halogens is 1. The number of esters is 1. The van der Waals surface area contributed by atoms with Crippen molar-refractivity contribution in [2.45, 2.75) is 20.3 Å². The largest absolute Gasteiger partial charge is 0.507 e. The zero-order valence-electron chi connectivity index (χ0n) is 16.6. The van der Waals surface area contributed by atoms with Gasteiger partial charge in [-0.2, -0.15) is 0 Å². The summed E-state index contributed by atoms with van der Waals surface area (Å²) in [5, 5.41) is 11.0. The summed E-state index contributed by atoms with van der Waals surface area (Å²) in [4.78, 5) is 25.9. The van der Waals surface area contributed by atoms with Crippen LogP contribution in [0.15, 0.2) is 54.7 Å². The molecule has 30 heavy (non-hydrogen) atoms. The molecule has 2 heterocycles. The van der Waals surface area contributed by atoms with Crippen LogP contribution in [0.25, 0.3) is 16.4 Å². The first kappa shape index (κ1) is 19.6. The van der Waals surface area contributed by atoms with Crippen LogP contribution in [0.3, 0.4) is 0 Å². The predicted octanol–water partition coefficient (Wildman–Crippen LogP) is 4.91. The Bertz CT molecular complexity index is 1310. The van der Waals surface area contributed by atoms with Crippen molar-refractivity contribution < 1.29 is 23.8 Å². The predicted molar refractivity (Wildman–Crippen MR) is 112 cm³/mol. The van der Waals surface area contributed by atoms with E-state index in [4.69, 9.17) is 4.74 Å². The fourth-order valence-corrected chi connectivity index (χ4v) is 3.85. The molecule has 1 N–H and O–H groups in total. The number of benzene rings is 2. The lowest BCUT2D eigenvalue weighted by molar-refractivity contribution is 0.0528. The third-order valence-corrected chi connectivity index (χ3v) is 5.15. The first-order valence-corrected chi connectivity index (χ1v) is 9.72. The Hall–Kier alpha value is -3.67. The van der Waals surface area contributed by atoms with E-state index >= 15 is 0 Å². The molecule has 0 amide bonds. The molecule has 4 aromatic rings. The fourth-order valence-electron chi connectivity index (χ4n) is 3.85. The number of phenolic OH excluding ortho intramolecular Hbond substituents is 1.